The summed E-state index contributed by atoms with van der Waals surface area (Å²) >= 11 is 2.92. The fraction of sp³-hybridized carbons (Fsp3) is 0.400. The van der Waals surface area contributed by atoms with E-state index in [-0.39, 0.29) is 27.9 Å². The Labute approximate surface area is 105 Å². The number of carbonyl (C=O) groups is 1. The fourth-order valence-corrected chi connectivity index (χ4v) is 1.77. The van der Waals surface area contributed by atoms with Crippen LogP contribution in [-0.4, -0.2) is 25.2 Å². The molecule has 0 N–H and O–H groups in total. The van der Waals surface area contributed by atoms with Crippen molar-refractivity contribution in [3.63, 3.8) is 0 Å². The molecule has 0 aliphatic carbocycles. The Morgan fingerprint density at radius 3 is 2.65 bits per heavy atom. The third-order valence-corrected chi connectivity index (χ3v) is 2.71. The summed E-state index contributed by atoms with van der Waals surface area (Å²) in [4.78, 5) is 14.9. The van der Waals surface area contributed by atoms with E-state index >= 15 is 0 Å². The molecule has 0 amide bonds. The van der Waals surface area contributed by atoms with Crippen molar-refractivity contribution in [3.05, 3.63) is 21.9 Å². The molecule has 0 saturated carbocycles. The summed E-state index contributed by atoms with van der Waals surface area (Å²) in [6.07, 6.45) is -1.62. The molecule has 0 aliphatic rings. The minimum atomic E-state index is -2.75. The molecule has 1 rings (SSSR count). The fourth-order valence-electron chi connectivity index (χ4n) is 1.31. The largest absolute Gasteiger partial charge is 0.496 e. The van der Waals surface area contributed by atoms with Crippen molar-refractivity contribution in [3.8, 4) is 5.75 Å². The second-order valence-electron chi connectivity index (χ2n) is 3.07. The lowest BCUT2D eigenvalue weighted by Gasteiger charge is -2.13. The quantitative estimate of drug-likeness (QED) is 0.633. The van der Waals surface area contributed by atoms with Crippen LogP contribution in [0.25, 0.3) is 0 Å². The average Bonchev–Trinajstić information content (AvgIpc) is 2.30. The van der Waals surface area contributed by atoms with E-state index < -0.39 is 12.4 Å². The molecule has 0 atom stereocenters. The van der Waals surface area contributed by atoms with Crippen molar-refractivity contribution in [1.82, 2.24) is 4.98 Å². The Bertz CT molecular complexity index is 426. The number of hydrogen-bond donors (Lipinski definition) is 0. The molecule has 4 nitrogen and oxygen atoms in total. The molecule has 94 valence electrons. The molecule has 0 unspecified atom stereocenters. The highest BCUT2D eigenvalue weighted by Gasteiger charge is 2.23. The smallest absolute Gasteiger partial charge is 0.310 e. The molecule has 0 aromatic carbocycles. The minimum Gasteiger partial charge on any atom is -0.496 e. The maximum Gasteiger partial charge on any atom is 0.310 e. The van der Waals surface area contributed by atoms with Crippen LogP contribution in [0.15, 0.2) is 10.8 Å². The Morgan fingerprint density at radius 1 is 1.53 bits per heavy atom. The highest BCUT2D eigenvalue weighted by molar-refractivity contribution is 9.10. The van der Waals surface area contributed by atoms with Gasteiger partial charge in [0, 0.05) is 11.8 Å². The van der Waals surface area contributed by atoms with E-state index in [1.54, 1.807) is 0 Å². The van der Waals surface area contributed by atoms with Crippen LogP contribution in [0.3, 0.4) is 0 Å². The lowest BCUT2D eigenvalue weighted by Crippen LogP contribution is -2.08. The standard InChI is InChI=1S/C10H10BrF2NO3/c1-16-6(15)3-5-4-14-9(11)7(10(12)13)8(5)17-2/h4,10H,3H2,1-2H3. The summed E-state index contributed by atoms with van der Waals surface area (Å²) < 4.78 is 35.0. The first-order valence-electron chi connectivity index (χ1n) is 4.57. The summed E-state index contributed by atoms with van der Waals surface area (Å²) in [5.41, 5.74) is -0.105. The molecule has 1 aromatic heterocycles. The van der Waals surface area contributed by atoms with E-state index in [1.165, 1.54) is 20.4 Å². The van der Waals surface area contributed by atoms with Crippen molar-refractivity contribution in [2.45, 2.75) is 12.8 Å². The molecule has 17 heavy (non-hydrogen) atoms. The number of pyridine rings is 1. The van der Waals surface area contributed by atoms with E-state index in [9.17, 15) is 13.6 Å². The van der Waals surface area contributed by atoms with Gasteiger partial charge in [-0.3, -0.25) is 4.79 Å². The number of alkyl halides is 2. The predicted octanol–water partition coefficient (Wildman–Crippen LogP) is 2.51. The van der Waals surface area contributed by atoms with Gasteiger partial charge in [0.15, 0.2) is 0 Å². The van der Waals surface area contributed by atoms with Crippen LogP contribution >= 0.6 is 15.9 Å². The molecule has 0 fully saturated rings. The first kappa shape index (κ1) is 13.8. The van der Waals surface area contributed by atoms with Gasteiger partial charge < -0.3 is 9.47 Å². The maximum absolute atomic E-state index is 12.8. The second kappa shape index (κ2) is 5.90. The van der Waals surface area contributed by atoms with Gasteiger partial charge in [0.2, 0.25) is 0 Å². The Hall–Kier alpha value is -1.24. The normalized spacial score (nSPS) is 10.5. The highest BCUT2D eigenvalue weighted by Crippen LogP contribution is 2.36. The van der Waals surface area contributed by atoms with E-state index in [2.05, 4.69) is 25.7 Å². The summed E-state index contributed by atoms with van der Waals surface area (Å²) in [7, 11) is 2.48. The lowest BCUT2D eigenvalue weighted by atomic mass is 10.1. The summed E-state index contributed by atoms with van der Waals surface area (Å²) in [6.45, 7) is 0. The molecule has 0 aliphatic heterocycles. The van der Waals surface area contributed by atoms with Gasteiger partial charge in [-0.1, -0.05) is 0 Å². The van der Waals surface area contributed by atoms with Crippen LogP contribution in [0, 0.1) is 0 Å². The number of ether oxygens (including phenoxy) is 2. The van der Waals surface area contributed by atoms with Crippen LogP contribution < -0.4 is 4.74 Å². The van der Waals surface area contributed by atoms with E-state index in [0.29, 0.717) is 0 Å². The zero-order chi connectivity index (χ0) is 13.0. The van der Waals surface area contributed by atoms with Crippen LogP contribution in [0.2, 0.25) is 0 Å². The molecule has 0 spiro atoms. The lowest BCUT2D eigenvalue weighted by molar-refractivity contribution is -0.139. The first-order valence-corrected chi connectivity index (χ1v) is 5.36. The van der Waals surface area contributed by atoms with Crippen LogP contribution in [0.1, 0.15) is 17.6 Å². The monoisotopic (exact) mass is 309 g/mol. The summed E-state index contributed by atoms with van der Waals surface area (Å²) in [6, 6.07) is 0. The third-order valence-electron chi connectivity index (χ3n) is 2.08. The topological polar surface area (TPSA) is 48.4 Å². The summed E-state index contributed by atoms with van der Waals surface area (Å²) in [5, 5.41) is 0. The van der Waals surface area contributed by atoms with Gasteiger partial charge in [0.05, 0.1) is 26.2 Å². The number of nitrogens with zero attached hydrogens (tertiary/aromatic N) is 1. The molecule has 0 radical (unpaired) electrons. The van der Waals surface area contributed by atoms with Crippen molar-refractivity contribution in [2.75, 3.05) is 14.2 Å². The molecule has 1 heterocycles. The molecule has 7 heteroatoms. The number of halogens is 3. The first-order chi connectivity index (χ1) is 8.01. The number of methoxy groups -OCH3 is 2. The third kappa shape index (κ3) is 3.12. The van der Waals surface area contributed by atoms with Crippen LogP contribution in [-0.2, 0) is 16.0 Å². The molecular formula is C10H10BrF2NO3. The van der Waals surface area contributed by atoms with E-state index in [4.69, 9.17) is 4.74 Å². The van der Waals surface area contributed by atoms with Crippen LogP contribution in [0.4, 0.5) is 8.78 Å². The average molecular weight is 310 g/mol. The maximum atomic E-state index is 12.8. The highest BCUT2D eigenvalue weighted by atomic mass is 79.9. The van der Waals surface area contributed by atoms with Crippen molar-refractivity contribution in [2.24, 2.45) is 0 Å². The van der Waals surface area contributed by atoms with Crippen LogP contribution in [0.5, 0.6) is 5.75 Å². The van der Waals surface area contributed by atoms with Gasteiger partial charge in [0.25, 0.3) is 6.43 Å². The van der Waals surface area contributed by atoms with Gasteiger partial charge in [-0.25, -0.2) is 13.8 Å². The number of rotatable bonds is 4. The van der Waals surface area contributed by atoms with Gasteiger partial charge in [-0.2, -0.15) is 0 Å². The zero-order valence-electron chi connectivity index (χ0n) is 9.17. The van der Waals surface area contributed by atoms with E-state index in [0.717, 1.165) is 0 Å². The van der Waals surface area contributed by atoms with Gasteiger partial charge in [0.1, 0.15) is 10.4 Å². The zero-order valence-corrected chi connectivity index (χ0v) is 10.8. The summed E-state index contributed by atoms with van der Waals surface area (Å²) in [5.74, 6) is -0.597. The van der Waals surface area contributed by atoms with Gasteiger partial charge >= 0.3 is 5.97 Å². The van der Waals surface area contributed by atoms with Gasteiger partial charge in [-0.05, 0) is 15.9 Å². The number of esters is 1. The molecule has 0 saturated heterocycles. The van der Waals surface area contributed by atoms with Crippen molar-refractivity contribution < 1.29 is 23.0 Å². The number of carbonyl (C=O) groups excluding carboxylic acids is 1. The predicted molar refractivity (Wildman–Crippen MR) is 59.2 cm³/mol. The Balaban J connectivity index is 3.23. The Morgan fingerprint density at radius 2 is 2.18 bits per heavy atom. The van der Waals surface area contributed by atoms with Crippen molar-refractivity contribution >= 4 is 21.9 Å². The number of aromatic nitrogens is 1. The molecule has 0 bridgehead atoms. The van der Waals surface area contributed by atoms with Crippen molar-refractivity contribution in [1.29, 1.82) is 0 Å². The SMILES string of the molecule is COC(=O)Cc1cnc(Br)c(C(F)F)c1OC. The molecule has 1 aromatic rings. The molecular weight excluding hydrogens is 300 g/mol. The second-order valence-corrected chi connectivity index (χ2v) is 3.83. The van der Waals surface area contributed by atoms with Gasteiger partial charge in [-0.15, -0.1) is 0 Å². The minimum absolute atomic E-state index is 0.00188. The Kier molecular flexibility index (Phi) is 4.80. The van der Waals surface area contributed by atoms with E-state index in [1.807, 2.05) is 0 Å². The number of hydrogen-bond acceptors (Lipinski definition) is 4.